The fourth-order valence-corrected chi connectivity index (χ4v) is 3.69. The molecule has 4 heterocycles. The molecule has 0 spiro atoms. The third-order valence-corrected chi connectivity index (χ3v) is 4.92. The number of aromatic nitrogens is 2. The lowest BCUT2D eigenvalue weighted by atomic mass is 9.87. The molecule has 2 aromatic rings. The summed E-state index contributed by atoms with van der Waals surface area (Å²) < 4.78 is 7.75. The van der Waals surface area contributed by atoms with Gasteiger partial charge in [0, 0.05) is 37.6 Å². The van der Waals surface area contributed by atoms with E-state index in [0.29, 0.717) is 11.5 Å². The van der Waals surface area contributed by atoms with Crippen molar-refractivity contribution < 1.29 is 9.53 Å². The third-order valence-electron chi connectivity index (χ3n) is 4.92. The van der Waals surface area contributed by atoms with Crippen molar-refractivity contribution in [3.8, 4) is 5.69 Å². The summed E-state index contributed by atoms with van der Waals surface area (Å²) in [4.78, 5) is 19.2. The molecule has 2 saturated heterocycles. The highest BCUT2D eigenvalue weighted by Gasteiger charge is 2.34. The number of hydrogen-bond donors (Lipinski definition) is 0. The van der Waals surface area contributed by atoms with Crippen LogP contribution in [0.1, 0.15) is 29.6 Å². The Morgan fingerprint density at radius 2 is 2.04 bits per heavy atom. The van der Waals surface area contributed by atoms with Crippen LogP contribution in [0, 0.1) is 5.92 Å². The molecule has 2 bridgehead atoms. The predicted molar refractivity (Wildman–Crippen MR) is 86.5 cm³/mol. The largest absolute Gasteiger partial charge is 0.458 e. The number of piperidine rings is 2. The molecule has 0 saturated carbocycles. The van der Waals surface area contributed by atoms with E-state index in [4.69, 9.17) is 4.74 Å². The maximum absolute atomic E-state index is 12.5. The van der Waals surface area contributed by atoms with Crippen LogP contribution in [0.5, 0.6) is 0 Å². The molecule has 0 aromatic carbocycles. The maximum Gasteiger partial charge on any atom is 0.340 e. The molecule has 2 fully saturated rings. The molecule has 2 aliphatic heterocycles. The average Bonchev–Trinajstić information content (AvgIpc) is 3.12. The van der Waals surface area contributed by atoms with E-state index >= 15 is 0 Å². The molecule has 4 rings (SSSR count). The minimum atomic E-state index is -0.254. The van der Waals surface area contributed by atoms with Gasteiger partial charge in [0.05, 0.1) is 17.4 Å². The minimum absolute atomic E-state index is 0.0503. The van der Waals surface area contributed by atoms with Crippen LogP contribution >= 0.6 is 0 Å². The van der Waals surface area contributed by atoms with Crippen LogP contribution in [0.15, 0.2) is 43.0 Å². The maximum atomic E-state index is 12.5. The standard InChI is InChI=1S/C18H21N3O2/c22-18(23-17-5-9-20-6-3-4-14(17)13-20)15-10-16(12-19-11-15)21-7-1-2-8-21/h1-2,7-8,10-12,14,17H,3-6,9,13H2. The lowest BCUT2D eigenvalue weighted by Gasteiger charge is -2.41. The second-order valence-corrected chi connectivity index (χ2v) is 6.46. The van der Waals surface area contributed by atoms with Crippen LogP contribution in [-0.4, -0.2) is 46.2 Å². The van der Waals surface area contributed by atoms with E-state index < -0.39 is 0 Å². The Hall–Kier alpha value is -2.14. The molecule has 2 aromatic heterocycles. The van der Waals surface area contributed by atoms with Gasteiger partial charge in [0.25, 0.3) is 0 Å². The van der Waals surface area contributed by atoms with Crippen molar-refractivity contribution in [3.05, 3.63) is 48.5 Å². The molecule has 3 atom stereocenters. The first-order valence-corrected chi connectivity index (χ1v) is 8.31. The zero-order valence-electron chi connectivity index (χ0n) is 13.1. The third kappa shape index (κ3) is 3.01. The predicted octanol–water partition coefficient (Wildman–Crippen LogP) is 2.51. The van der Waals surface area contributed by atoms with Gasteiger partial charge in [0.15, 0.2) is 0 Å². The van der Waals surface area contributed by atoms with E-state index in [0.717, 1.165) is 31.6 Å². The molecule has 5 nitrogen and oxygen atoms in total. The lowest BCUT2D eigenvalue weighted by Crippen LogP contribution is -2.48. The first-order valence-electron chi connectivity index (χ1n) is 8.31. The second-order valence-electron chi connectivity index (χ2n) is 6.46. The summed E-state index contributed by atoms with van der Waals surface area (Å²) in [5.41, 5.74) is 1.39. The van der Waals surface area contributed by atoms with Crippen molar-refractivity contribution in [2.45, 2.75) is 25.4 Å². The van der Waals surface area contributed by atoms with Gasteiger partial charge in [0.1, 0.15) is 6.10 Å². The van der Waals surface area contributed by atoms with Crippen LogP contribution in [0.2, 0.25) is 0 Å². The molecule has 5 heteroatoms. The monoisotopic (exact) mass is 311 g/mol. The molecule has 0 radical (unpaired) electrons. The quantitative estimate of drug-likeness (QED) is 0.817. The van der Waals surface area contributed by atoms with Gasteiger partial charge in [-0.3, -0.25) is 4.98 Å². The number of pyridine rings is 1. The topological polar surface area (TPSA) is 47.4 Å². The SMILES string of the molecule is O=C(OC1CCN2CCCC1C2)c1cncc(-n2cccc2)c1. The van der Waals surface area contributed by atoms with Gasteiger partial charge in [-0.25, -0.2) is 4.79 Å². The molecule has 0 amide bonds. The lowest BCUT2D eigenvalue weighted by molar-refractivity contribution is -0.0293. The highest BCUT2D eigenvalue weighted by Crippen LogP contribution is 2.29. The van der Waals surface area contributed by atoms with Crippen molar-refractivity contribution in [3.63, 3.8) is 0 Å². The van der Waals surface area contributed by atoms with Crippen LogP contribution in [0.25, 0.3) is 5.69 Å². The van der Waals surface area contributed by atoms with Crippen LogP contribution in [0.3, 0.4) is 0 Å². The van der Waals surface area contributed by atoms with E-state index in [-0.39, 0.29) is 12.1 Å². The van der Waals surface area contributed by atoms with Crippen LogP contribution in [0.4, 0.5) is 0 Å². The van der Waals surface area contributed by atoms with Gasteiger partial charge in [-0.05, 0) is 44.0 Å². The van der Waals surface area contributed by atoms with Crippen molar-refractivity contribution in [1.82, 2.24) is 14.5 Å². The fraction of sp³-hybridized carbons (Fsp3) is 0.444. The van der Waals surface area contributed by atoms with E-state index in [1.807, 2.05) is 35.2 Å². The highest BCUT2D eigenvalue weighted by atomic mass is 16.5. The summed E-state index contributed by atoms with van der Waals surface area (Å²) in [6.07, 6.45) is 10.6. The summed E-state index contributed by atoms with van der Waals surface area (Å²) in [5, 5.41) is 0. The average molecular weight is 311 g/mol. The first kappa shape index (κ1) is 14.5. The Labute approximate surface area is 135 Å². The number of rotatable bonds is 3. The summed E-state index contributed by atoms with van der Waals surface area (Å²) in [7, 11) is 0. The van der Waals surface area contributed by atoms with Crippen LogP contribution in [-0.2, 0) is 4.74 Å². The Bertz CT molecular complexity index is 683. The Morgan fingerprint density at radius 3 is 2.91 bits per heavy atom. The molecule has 2 aliphatic rings. The van der Waals surface area contributed by atoms with E-state index in [2.05, 4.69) is 9.88 Å². The zero-order valence-corrected chi connectivity index (χ0v) is 13.1. The molecule has 0 N–H and O–H groups in total. The number of hydrogen-bond acceptors (Lipinski definition) is 4. The summed E-state index contributed by atoms with van der Waals surface area (Å²) >= 11 is 0. The summed E-state index contributed by atoms with van der Waals surface area (Å²) in [6, 6.07) is 5.73. The Kier molecular flexibility index (Phi) is 3.87. The molecule has 0 aliphatic carbocycles. The number of ether oxygens (including phenoxy) is 1. The number of carbonyl (C=O) groups excluding carboxylic acids is 1. The van der Waals surface area contributed by atoms with Gasteiger partial charge < -0.3 is 14.2 Å². The van der Waals surface area contributed by atoms with E-state index in [1.165, 1.54) is 13.0 Å². The molecular formula is C18H21N3O2. The summed E-state index contributed by atoms with van der Waals surface area (Å²) in [6.45, 7) is 3.30. The van der Waals surface area contributed by atoms with Gasteiger partial charge in [0.2, 0.25) is 0 Å². The number of esters is 1. The van der Waals surface area contributed by atoms with Crippen molar-refractivity contribution in [2.75, 3.05) is 19.6 Å². The molecule has 120 valence electrons. The van der Waals surface area contributed by atoms with Gasteiger partial charge in [-0.2, -0.15) is 0 Å². The number of carbonyl (C=O) groups is 1. The zero-order chi connectivity index (χ0) is 15.6. The molecular weight excluding hydrogens is 290 g/mol. The minimum Gasteiger partial charge on any atom is -0.458 e. The Morgan fingerprint density at radius 1 is 1.17 bits per heavy atom. The fourth-order valence-electron chi connectivity index (χ4n) is 3.69. The smallest absolute Gasteiger partial charge is 0.340 e. The van der Waals surface area contributed by atoms with Crippen molar-refractivity contribution >= 4 is 5.97 Å². The number of nitrogens with zero attached hydrogens (tertiary/aromatic N) is 3. The first-order chi connectivity index (χ1) is 11.3. The van der Waals surface area contributed by atoms with Gasteiger partial charge in [-0.15, -0.1) is 0 Å². The van der Waals surface area contributed by atoms with Crippen LogP contribution < -0.4 is 0 Å². The number of fused-ring (bicyclic) bond motifs is 2. The van der Waals surface area contributed by atoms with Crippen molar-refractivity contribution in [1.29, 1.82) is 0 Å². The van der Waals surface area contributed by atoms with E-state index in [9.17, 15) is 4.79 Å². The van der Waals surface area contributed by atoms with Crippen molar-refractivity contribution in [2.24, 2.45) is 5.92 Å². The normalized spacial score (nSPS) is 26.7. The Balaban J connectivity index is 1.48. The summed E-state index contributed by atoms with van der Waals surface area (Å²) in [5.74, 6) is 0.234. The highest BCUT2D eigenvalue weighted by molar-refractivity contribution is 5.89. The van der Waals surface area contributed by atoms with Gasteiger partial charge in [-0.1, -0.05) is 0 Å². The molecule has 3 unspecified atom stereocenters. The second kappa shape index (κ2) is 6.16. The van der Waals surface area contributed by atoms with Gasteiger partial charge >= 0.3 is 5.97 Å². The van der Waals surface area contributed by atoms with E-state index in [1.54, 1.807) is 12.4 Å². The molecule has 23 heavy (non-hydrogen) atoms.